The zero-order chi connectivity index (χ0) is 9.84. The zero-order valence-electron chi connectivity index (χ0n) is 7.06. The molecule has 72 valence electrons. The molecule has 0 aliphatic carbocycles. The van der Waals surface area contributed by atoms with Crippen LogP contribution in [0, 0.1) is 5.82 Å². The van der Waals surface area contributed by atoms with Crippen molar-refractivity contribution >= 4 is 15.9 Å². The molecule has 0 spiro atoms. The van der Waals surface area contributed by atoms with Gasteiger partial charge in [-0.2, -0.15) is 0 Å². The molecule has 0 saturated heterocycles. The minimum absolute atomic E-state index is 0.0750. The Morgan fingerprint density at radius 1 is 1.46 bits per heavy atom. The monoisotopic (exact) mass is 247 g/mol. The van der Waals surface area contributed by atoms with Crippen LogP contribution in [0.1, 0.15) is 12.0 Å². The number of phenols is 1. The Hall–Kier alpha value is -0.610. The first-order chi connectivity index (χ1) is 6.15. The number of hydrogen-bond acceptors (Lipinski definition) is 2. The summed E-state index contributed by atoms with van der Waals surface area (Å²) in [6.45, 7) is 0.540. The van der Waals surface area contributed by atoms with Gasteiger partial charge in [0.1, 0.15) is 11.6 Å². The van der Waals surface area contributed by atoms with E-state index in [9.17, 15) is 4.39 Å². The molecule has 0 unspecified atom stereocenters. The fourth-order valence-electron chi connectivity index (χ4n) is 1.06. The van der Waals surface area contributed by atoms with Gasteiger partial charge in [-0.25, -0.2) is 4.39 Å². The molecule has 2 nitrogen and oxygen atoms in total. The first-order valence-electron chi connectivity index (χ1n) is 4.02. The maximum Gasteiger partial charge on any atom is 0.132 e. The molecule has 0 saturated carbocycles. The molecule has 1 aromatic rings. The molecule has 3 N–H and O–H groups in total. The van der Waals surface area contributed by atoms with Crippen molar-refractivity contribution < 1.29 is 9.50 Å². The highest BCUT2D eigenvalue weighted by molar-refractivity contribution is 9.10. The molecule has 0 radical (unpaired) electrons. The topological polar surface area (TPSA) is 46.2 Å². The van der Waals surface area contributed by atoms with E-state index < -0.39 is 0 Å². The van der Waals surface area contributed by atoms with Crippen LogP contribution in [0.25, 0.3) is 0 Å². The second-order valence-corrected chi connectivity index (χ2v) is 3.64. The smallest absolute Gasteiger partial charge is 0.132 e. The Bertz CT molecular complexity index is 304. The summed E-state index contributed by atoms with van der Waals surface area (Å²) in [5.74, 6) is -0.455. The van der Waals surface area contributed by atoms with E-state index in [1.54, 1.807) is 6.07 Å². The minimum atomic E-state index is -0.380. The number of rotatable bonds is 3. The van der Waals surface area contributed by atoms with Crippen molar-refractivity contribution in [3.05, 3.63) is 28.0 Å². The van der Waals surface area contributed by atoms with Crippen molar-refractivity contribution in [2.24, 2.45) is 5.73 Å². The predicted molar refractivity (Wildman–Crippen MR) is 53.1 cm³/mol. The molecule has 0 aromatic heterocycles. The Morgan fingerprint density at radius 3 is 2.77 bits per heavy atom. The van der Waals surface area contributed by atoms with Gasteiger partial charge in [-0.15, -0.1) is 0 Å². The third kappa shape index (κ3) is 2.67. The molecular weight excluding hydrogens is 237 g/mol. The number of hydrogen-bond donors (Lipinski definition) is 2. The Labute approximate surface area is 84.7 Å². The maximum atomic E-state index is 13.1. The van der Waals surface area contributed by atoms with Crippen LogP contribution < -0.4 is 5.73 Å². The number of aryl methyl sites for hydroxylation is 1. The summed E-state index contributed by atoms with van der Waals surface area (Å²) in [5.41, 5.74) is 5.89. The highest BCUT2D eigenvalue weighted by Gasteiger charge is 2.06. The molecule has 0 heterocycles. The van der Waals surface area contributed by atoms with Gasteiger partial charge < -0.3 is 10.8 Å². The average molecular weight is 248 g/mol. The van der Waals surface area contributed by atoms with Gasteiger partial charge in [0, 0.05) is 6.07 Å². The summed E-state index contributed by atoms with van der Waals surface area (Å²) in [5, 5.41) is 9.14. The van der Waals surface area contributed by atoms with E-state index in [1.807, 2.05) is 0 Å². The molecule has 0 fully saturated rings. The van der Waals surface area contributed by atoms with Gasteiger partial charge in [0.05, 0.1) is 4.47 Å². The summed E-state index contributed by atoms with van der Waals surface area (Å²) in [6, 6.07) is 2.69. The third-order valence-corrected chi connectivity index (χ3v) is 2.40. The van der Waals surface area contributed by atoms with E-state index in [2.05, 4.69) is 15.9 Å². The zero-order valence-corrected chi connectivity index (χ0v) is 8.64. The Morgan fingerprint density at radius 2 is 2.15 bits per heavy atom. The summed E-state index contributed by atoms with van der Waals surface area (Å²) < 4.78 is 13.6. The van der Waals surface area contributed by atoms with Crippen molar-refractivity contribution in [1.29, 1.82) is 0 Å². The van der Waals surface area contributed by atoms with Crippen molar-refractivity contribution in [2.75, 3.05) is 6.54 Å². The van der Waals surface area contributed by atoms with Crippen LogP contribution >= 0.6 is 15.9 Å². The van der Waals surface area contributed by atoms with Crippen molar-refractivity contribution in [3.63, 3.8) is 0 Å². The quantitative estimate of drug-likeness (QED) is 0.861. The Kier molecular flexibility index (Phi) is 3.69. The second kappa shape index (κ2) is 4.58. The van der Waals surface area contributed by atoms with Crippen LogP contribution in [0.15, 0.2) is 16.6 Å². The van der Waals surface area contributed by atoms with Crippen molar-refractivity contribution in [3.8, 4) is 5.75 Å². The molecule has 4 heteroatoms. The SMILES string of the molecule is NCCCc1cc(Br)c(O)cc1F. The number of nitrogens with two attached hydrogens (primary N) is 1. The summed E-state index contributed by atoms with van der Waals surface area (Å²) in [6.07, 6.45) is 1.34. The molecule has 13 heavy (non-hydrogen) atoms. The van der Waals surface area contributed by atoms with Crippen LogP contribution in [0.4, 0.5) is 4.39 Å². The first kappa shape index (κ1) is 10.5. The van der Waals surface area contributed by atoms with Gasteiger partial charge in [-0.3, -0.25) is 0 Å². The largest absolute Gasteiger partial charge is 0.507 e. The fourth-order valence-corrected chi connectivity index (χ4v) is 1.45. The van der Waals surface area contributed by atoms with Crippen LogP contribution in [-0.4, -0.2) is 11.7 Å². The van der Waals surface area contributed by atoms with Gasteiger partial charge in [-0.05, 0) is 46.9 Å². The number of benzene rings is 1. The summed E-state index contributed by atoms with van der Waals surface area (Å²) in [7, 11) is 0. The lowest BCUT2D eigenvalue weighted by atomic mass is 10.1. The number of halogens is 2. The number of phenolic OH excluding ortho intramolecular Hbond substituents is 1. The van der Waals surface area contributed by atoms with Gasteiger partial charge in [0.15, 0.2) is 0 Å². The Balaban J connectivity index is 2.88. The predicted octanol–water partition coefficient (Wildman–Crippen LogP) is 2.19. The highest BCUT2D eigenvalue weighted by Crippen LogP contribution is 2.27. The van der Waals surface area contributed by atoms with E-state index in [4.69, 9.17) is 10.8 Å². The molecular formula is C9H11BrFNO. The summed E-state index contributed by atoms with van der Waals surface area (Å²) in [4.78, 5) is 0. The molecule has 1 aromatic carbocycles. The summed E-state index contributed by atoms with van der Waals surface area (Å²) >= 11 is 3.12. The lowest BCUT2D eigenvalue weighted by molar-refractivity contribution is 0.464. The lowest BCUT2D eigenvalue weighted by Crippen LogP contribution is -2.01. The molecule has 0 aliphatic rings. The molecule has 1 rings (SSSR count). The first-order valence-corrected chi connectivity index (χ1v) is 4.81. The van der Waals surface area contributed by atoms with Gasteiger partial charge in [0.2, 0.25) is 0 Å². The lowest BCUT2D eigenvalue weighted by Gasteiger charge is -2.04. The fraction of sp³-hybridized carbons (Fsp3) is 0.333. The minimum Gasteiger partial charge on any atom is -0.507 e. The third-order valence-electron chi connectivity index (χ3n) is 1.77. The van der Waals surface area contributed by atoms with Crippen LogP contribution in [0.3, 0.4) is 0 Å². The maximum absolute atomic E-state index is 13.1. The molecule has 0 atom stereocenters. The van der Waals surface area contributed by atoms with Gasteiger partial charge in [-0.1, -0.05) is 0 Å². The van der Waals surface area contributed by atoms with E-state index in [0.29, 0.717) is 23.0 Å². The normalized spacial score (nSPS) is 10.4. The van der Waals surface area contributed by atoms with E-state index in [1.165, 1.54) is 0 Å². The van der Waals surface area contributed by atoms with E-state index >= 15 is 0 Å². The van der Waals surface area contributed by atoms with Crippen molar-refractivity contribution in [2.45, 2.75) is 12.8 Å². The van der Waals surface area contributed by atoms with Crippen LogP contribution in [0.5, 0.6) is 5.75 Å². The van der Waals surface area contributed by atoms with Gasteiger partial charge >= 0.3 is 0 Å². The second-order valence-electron chi connectivity index (χ2n) is 2.79. The van der Waals surface area contributed by atoms with E-state index in [0.717, 1.165) is 12.5 Å². The molecule has 0 amide bonds. The van der Waals surface area contributed by atoms with Crippen LogP contribution in [-0.2, 0) is 6.42 Å². The van der Waals surface area contributed by atoms with Crippen molar-refractivity contribution in [1.82, 2.24) is 0 Å². The molecule has 0 aliphatic heterocycles. The standard InChI is InChI=1S/C9H11BrFNO/c10-7-4-6(2-1-3-12)8(11)5-9(7)13/h4-5,13H,1-3,12H2. The number of aromatic hydroxyl groups is 1. The molecule has 0 bridgehead atoms. The van der Waals surface area contributed by atoms with E-state index in [-0.39, 0.29) is 11.6 Å². The van der Waals surface area contributed by atoms with Crippen LogP contribution in [0.2, 0.25) is 0 Å². The average Bonchev–Trinajstić information content (AvgIpc) is 2.09. The van der Waals surface area contributed by atoms with Gasteiger partial charge in [0.25, 0.3) is 0 Å². The highest BCUT2D eigenvalue weighted by atomic mass is 79.9.